The first-order chi connectivity index (χ1) is 15.2. The standard InChI is InChI=1S/C24H31N3O4S/c1-24(2,3)31-23(28)25-16-13-19(14-17-25)15-18-26-21-11-7-8-12-22(21)27(32(26,29)30)20-9-5-4-6-10-20/h4-12,19H,13-18H2,1-3H3. The molecule has 0 N–H and O–H groups in total. The van der Waals surface area contributed by atoms with Crippen molar-refractivity contribution in [3.05, 3.63) is 54.6 Å². The fourth-order valence-corrected chi connectivity index (χ4v) is 6.02. The molecule has 2 heterocycles. The number of benzene rings is 2. The second-order valence-electron chi connectivity index (χ2n) is 9.37. The number of fused-ring (bicyclic) bond motifs is 1. The van der Waals surface area contributed by atoms with Crippen molar-refractivity contribution in [3.8, 4) is 0 Å². The lowest BCUT2D eigenvalue weighted by Gasteiger charge is -2.34. The molecule has 2 aliphatic heterocycles. The molecule has 172 valence electrons. The molecule has 1 fully saturated rings. The fourth-order valence-electron chi connectivity index (χ4n) is 4.30. The lowest BCUT2D eigenvalue weighted by molar-refractivity contribution is 0.0182. The molecule has 0 bridgehead atoms. The minimum atomic E-state index is -3.70. The Morgan fingerprint density at radius 3 is 2.19 bits per heavy atom. The van der Waals surface area contributed by atoms with Gasteiger partial charge in [-0.3, -0.25) is 4.31 Å². The van der Waals surface area contributed by atoms with Gasteiger partial charge < -0.3 is 9.64 Å². The Balaban J connectivity index is 1.43. The number of hydrogen-bond acceptors (Lipinski definition) is 4. The van der Waals surface area contributed by atoms with Crippen LogP contribution in [0.25, 0.3) is 0 Å². The van der Waals surface area contributed by atoms with Crippen LogP contribution in [0.5, 0.6) is 0 Å². The van der Waals surface area contributed by atoms with Crippen LogP contribution in [0.2, 0.25) is 0 Å². The summed E-state index contributed by atoms with van der Waals surface area (Å²) >= 11 is 0. The predicted octanol–water partition coefficient (Wildman–Crippen LogP) is 4.93. The molecule has 0 atom stereocenters. The van der Waals surface area contributed by atoms with Crippen LogP contribution in [0.1, 0.15) is 40.0 Å². The zero-order valence-electron chi connectivity index (χ0n) is 18.9. The van der Waals surface area contributed by atoms with Crippen molar-refractivity contribution in [2.24, 2.45) is 5.92 Å². The van der Waals surface area contributed by atoms with Gasteiger partial charge in [-0.15, -0.1) is 0 Å². The Hall–Kier alpha value is -2.74. The van der Waals surface area contributed by atoms with E-state index in [1.54, 1.807) is 4.90 Å². The Morgan fingerprint density at radius 2 is 1.56 bits per heavy atom. The second-order valence-corrected chi connectivity index (χ2v) is 11.1. The van der Waals surface area contributed by atoms with Crippen LogP contribution in [-0.4, -0.2) is 44.6 Å². The topological polar surface area (TPSA) is 70.2 Å². The van der Waals surface area contributed by atoms with Crippen LogP contribution in [-0.2, 0) is 14.9 Å². The summed E-state index contributed by atoms with van der Waals surface area (Å²) in [5.41, 5.74) is 1.52. The highest BCUT2D eigenvalue weighted by Gasteiger charge is 2.41. The van der Waals surface area contributed by atoms with Gasteiger partial charge in [0.25, 0.3) is 0 Å². The van der Waals surface area contributed by atoms with Crippen LogP contribution in [0.4, 0.5) is 21.9 Å². The van der Waals surface area contributed by atoms with Crippen molar-refractivity contribution in [1.29, 1.82) is 0 Å². The van der Waals surface area contributed by atoms with E-state index in [0.29, 0.717) is 42.6 Å². The molecule has 8 heteroatoms. The normalized spacial score (nSPS) is 18.5. The first-order valence-electron chi connectivity index (χ1n) is 11.1. The molecule has 0 aliphatic carbocycles. The Kier molecular flexibility index (Phi) is 6.07. The first-order valence-corrected chi connectivity index (χ1v) is 12.5. The third kappa shape index (κ3) is 4.55. The average Bonchev–Trinajstić information content (AvgIpc) is 2.97. The number of ether oxygens (including phenoxy) is 1. The molecule has 2 aromatic rings. The second kappa shape index (κ2) is 8.65. The largest absolute Gasteiger partial charge is 0.444 e. The molecule has 1 saturated heterocycles. The van der Waals surface area contributed by atoms with Crippen LogP contribution in [0, 0.1) is 5.92 Å². The quantitative estimate of drug-likeness (QED) is 0.653. The molecule has 0 radical (unpaired) electrons. The van der Waals surface area contributed by atoms with Gasteiger partial charge >= 0.3 is 16.3 Å². The number of likely N-dealkylation sites (tertiary alicyclic amines) is 1. The molecule has 0 spiro atoms. The number of piperidine rings is 1. The Bertz CT molecular complexity index is 1060. The van der Waals surface area contributed by atoms with Gasteiger partial charge in [-0.05, 0) is 70.2 Å². The monoisotopic (exact) mass is 457 g/mol. The Morgan fingerprint density at radius 1 is 0.969 bits per heavy atom. The zero-order valence-corrected chi connectivity index (χ0v) is 19.7. The first kappa shape index (κ1) is 22.5. The SMILES string of the molecule is CC(C)(C)OC(=O)N1CCC(CCN2c3ccccc3N(c3ccccc3)S2(=O)=O)CC1. The number of nitrogens with zero attached hydrogens (tertiary/aromatic N) is 3. The maximum Gasteiger partial charge on any atom is 0.410 e. The lowest BCUT2D eigenvalue weighted by atomic mass is 9.93. The van der Waals surface area contributed by atoms with E-state index in [4.69, 9.17) is 4.74 Å². The molecule has 7 nitrogen and oxygen atoms in total. The lowest BCUT2D eigenvalue weighted by Crippen LogP contribution is -2.42. The number of carbonyl (C=O) groups excluding carboxylic acids is 1. The fraction of sp³-hybridized carbons (Fsp3) is 0.458. The summed E-state index contributed by atoms with van der Waals surface area (Å²) in [6.45, 7) is 7.29. The van der Waals surface area contributed by atoms with E-state index < -0.39 is 15.8 Å². The third-order valence-corrected chi connectivity index (χ3v) is 7.68. The van der Waals surface area contributed by atoms with Gasteiger partial charge in [0.2, 0.25) is 0 Å². The summed E-state index contributed by atoms with van der Waals surface area (Å²) in [5, 5.41) is 0. The number of para-hydroxylation sites is 3. The summed E-state index contributed by atoms with van der Waals surface area (Å²) in [6, 6.07) is 16.6. The van der Waals surface area contributed by atoms with E-state index in [9.17, 15) is 13.2 Å². The van der Waals surface area contributed by atoms with Gasteiger partial charge in [0.1, 0.15) is 5.60 Å². The van der Waals surface area contributed by atoms with Gasteiger partial charge in [0.05, 0.1) is 17.1 Å². The van der Waals surface area contributed by atoms with Crippen LogP contribution in [0.3, 0.4) is 0 Å². The molecule has 0 aromatic heterocycles. The highest BCUT2D eigenvalue weighted by molar-refractivity contribution is 7.95. The maximum atomic E-state index is 13.5. The summed E-state index contributed by atoms with van der Waals surface area (Å²) in [6.07, 6.45) is 2.16. The van der Waals surface area contributed by atoms with Gasteiger partial charge in [-0.2, -0.15) is 8.42 Å². The van der Waals surface area contributed by atoms with Crippen molar-refractivity contribution in [2.75, 3.05) is 28.2 Å². The minimum Gasteiger partial charge on any atom is -0.444 e. The molecule has 2 aromatic carbocycles. The van der Waals surface area contributed by atoms with Crippen LogP contribution in [0.15, 0.2) is 54.6 Å². The maximum absolute atomic E-state index is 13.5. The van der Waals surface area contributed by atoms with Crippen molar-refractivity contribution in [1.82, 2.24) is 4.90 Å². The average molecular weight is 458 g/mol. The molecular formula is C24H31N3O4S. The number of rotatable bonds is 4. The summed E-state index contributed by atoms with van der Waals surface area (Å²) in [7, 11) is -3.70. The number of hydrogen-bond donors (Lipinski definition) is 0. The van der Waals surface area contributed by atoms with Crippen molar-refractivity contribution in [2.45, 2.75) is 45.6 Å². The van der Waals surface area contributed by atoms with E-state index in [2.05, 4.69) is 0 Å². The highest BCUT2D eigenvalue weighted by atomic mass is 32.2. The highest BCUT2D eigenvalue weighted by Crippen LogP contribution is 2.45. The van der Waals surface area contributed by atoms with Crippen molar-refractivity contribution >= 4 is 33.4 Å². The Labute approximate surface area is 190 Å². The van der Waals surface area contributed by atoms with Crippen molar-refractivity contribution in [3.63, 3.8) is 0 Å². The van der Waals surface area contributed by atoms with E-state index in [0.717, 1.165) is 19.3 Å². The van der Waals surface area contributed by atoms with Gasteiger partial charge in [0, 0.05) is 19.6 Å². The zero-order chi connectivity index (χ0) is 22.9. The van der Waals surface area contributed by atoms with Gasteiger partial charge in [-0.1, -0.05) is 30.3 Å². The van der Waals surface area contributed by atoms with Crippen molar-refractivity contribution < 1.29 is 17.9 Å². The molecular weight excluding hydrogens is 426 g/mol. The molecule has 0 unspecified atom stereocenters. The third-order valence-electron chi connectivity index (χ3n) is 5.88. The number of anilines is 3. The summed E-state index contributed by atoms with van der Waals surface area (Å²) < 4.78 is 35.4. The molecule has 2 aliphatic rings. The molecule has 1 amide bonds. The smallest absolute Gasteiger partial charge is 0.410 e. The van der Waals surface area contributed by atoms with Gasteiger partial charge in [-0.25, -0.2) is 9.10 Å². The van der Waals surface area contributed by atoms with E-state index in [1.165, 1.54) is 8.61 Å². The molecule has 4 rings (SSSR count). The predicted molar refractivity (Wildman–Crippen MR) is 126 cm³/mol. The van der Waals surface area contributed by atoms with E-state index in [-0.39, 0.29) is 6.09 Å². The summed E-state index contributed by atoms with van der Waals surface area (Å²) in [4.78, 5) is 14.0. The van der Waals surface area contributed by atoms with E-state index in [1.807, 2.05) is 75.4 Å². The van der Waals surface area contributed by atoms with Gasteiger partial charge in [0.15, 0.2) is 0 Å². The summed E-state index contributed by atoms with van der Waals surface area (Å²) in [5.74, 6) is 0.363. The number of carbonyl (C=O) groups is 1. The van der Waals surface area contributed by atoms with E-state index >= 15 is 0 Å². The molecule has 0 saturated carbocycles. The number of amides is 1. The van der Waals surface area contributed by atoms with Crippen LogP contribution >= 0.6 is 0 Å². The molecule has 32 heavy (non-hydrogen) atoms. The van der Waals surface area contributed by atoms with Crippen LogP contribution < -0.4 is 8.61 Å². The minimum absolute atomic E-state index is 0.273.